The van der Waals surface area contributed by atoms with Gasteiger partial charge < -0.3 is 5.11 Å². The minimum Gasteiger partial charge on any atom is -0.508 e. The second-order valence-corrected chi connectivity index (χ2v) is 7.05. The van der Waals surface area contributed by atoms with Crippen LogP contribution in [0.15, 0.2) is 35.9 Å². The van der Waals surface area contributed by atoms with Crippen LogP contribution < -0.4 is 0 Å². The Bertz CT molecular complexity index is 772. The van der Waals surface area contributed by atoms with E-state index in [1.54, 1.807) is 12.1 Å². The number of aromatic nitrogens is 2. The topological polar surface area (TPSA) is 38.0 Å². The normalized spacial score (nSPS) is 24.6. The molecule has 1 N–H and O–H groups in total. The van der Waals surface area contributed by atoms with E-state index in [4.69, 9.17) is 5.10 Å². The zero-order chi connectivity index (χ0) is 16.8. The van der Waals surface area contributed by atoms with Crippen LogP contribution in [0.5, 0.6) is 5.75 Å². The van der Waals surface area contributed by atoms with Crippen LogP contribution in [0, 0.1) is 19.8 Å². The molecule has 1 aliphatic carbocycles. The highest BCUT2D eigenvalue weighted by Crippen LogP contribution is 2.46. The van der Waals surface area contributed by atoms with Gasteiger partial charge >= 0.3 is 0 Å². The van der Waals surface area contributed by atoms with E-state index in [-0.39, 0.29) is 11.2 Å². The summed E-state index contributed by atoms with van der Waals surface area (Å²) in [5.41, 5.74) is 5.96. The lowest BCUT2D eigenvalue weighted by molar-refractivity contribution is 0.326. The zero-order valence-corrected chi connectivity index (χ0v) is 14.7. The van der Waals surface area contributed by atoms with Gasteiger partial charge in [0, 0.05) is 22.7 Å². The number of hydrogen-bond donors (Lipinski definition) is 1. The van der Waals surface area contributed by atoms with E-state index < -0.39 is 0 Å². The number of phenolic OH excluding ortho intramolecular Hbond substituents is 1. The maximum atomic E-state index is 9.77. The smallest absolute Gasteiger partial charge is 0.117 e. The molecule has 0 saturated carbocycles. The van der Waals surface area contributed by atoms with Crippen molar-refractivity contribution in [3.63, 3.8) is 0 Å². The number of rotatable bonds is 2. The quantitative estimate of drug-likeness (QED) is 0.807. The van der Waals surface area contributed by atoms with Crippen LogP contribution in [0.25, 0.3) is 5.69 Å². The minimum atomic E-state index is 0.0293. The van der Waals surface area contributed by atoms with Crippen LogP contribution in [0.4, 0.5) is 0 Å². The Hall–Kier alpha value is -2.03. The Balaban J connectivity index is 2.19. The highest BCUT2D eigenvalue weighted by Gasteiger charge is 2.40. The van der Waals surface area contributed by atoms with Crippen LogP contribution >= 0.6 is 0 Å². The molecule has 1 heterocycles. The maximum Gasteiger partial charge on any atom is 0.117 e. The molecule has 0 radical (unpaired) electrons. The number of aromatic hydroxyl groups is 1. The molecule has 2 atom stereocenters. The summed E-state index contributed by atoms with van der Waals surface area (Å²) in [5, 5.41) is 14.6. The third-order valence-corrected chi connectivity index (χ3v) is 5.74. The molecule has 2 unspecified atom stereocenters. The van der Waals surface area contributed by atoms with Crippen molar-refractivity contribution in [2.75, 3.05) is 0 Å². The lowest BCUT2D eigenvalue weighted by Gasteiger charge is -2.40. The second-order valence-electron chi connectivity index (χ2n) is 7.05. The summed E-state index contributed by atoms with van der Waals surface area (Å²) in [6.45, 7) is 11.2. The van der Waals surface area contributed by atoms with Gasteiger partial charge in [0.05, 0.1) is 11.4 Å². The van der Waals surface area contributed by atoms with Crippen molar-refractivity contribution in [3.8, 4) is 11.4 Å². The summed E-state index contributed by atoms with van der Waals surface area (Å²) in [4.78, 5) is 0. The fourth-order valence-corrected chi connectivity index (χ4v) is 4.15. The largest absolute Gasteiger partial charge is 0.508 e. The first-order valence-corrected chi connectivity index (χ1v) is 8.39. The molecule has 1 aliphatic rings. The van der Waals surface area contributed by atoms with E-state index in [9.17, 15) is 5.11 Å². The lowest BCUT2D eigenvalue weighted by Crippen LogP contribution is -2.35. The second kappa shape index (κ2) is 5.55. The highest BCUT2D eigenvalue weighted by molar-refractivity contribution is 5.47. The summed E-state index contributed by atoms with van der Waals surface area (Å²) in [7, 11) is 0. The minimum absolute atomic E-state index is 0.0293. The van der Waals surface area contributed by atoms with Gasteiger partial charge in [0.2, 0.25) is 0 Å². The maximum absolute atomic E-state index is 9.77. The molecule has 122 valence electrons. The van der Waals surface area contributed by atoms with Gasteiger partial charge in [0.1, 0.15) is 5.75 Å². The molecule has 0 fully saturated rings. The van der Waals surface area contributed by atoms with Gasteiger partial charge in [-0.1, -0.05) is 31.6 Å². The molecule has 1 aromatic carbocycles. The summed E-state index contributed by atoms with van der Waals surface area (Å²) in [5.74, 6) is 0.858. The fraction of sp³-hybridized carbons (Fsp3) is 0.450. The molecular formula is C20H26N2O. The van der Waals surface area contributed by atoms with Gasteiger partial charge in [0.25, 0.3) is 0 Å². The molecule has 0 aliphatic heterocycles. The van der Waals surface area contributed by atoms with Crippen molar-refractivity contribution < 1.29 is 5.11 Å². The third kappa shape index (κ3) is 2.39. The van der Waals surface area contributed by atoms with Crippen LogP contribution in [0.3, 0.4) is 0 Å². The Kier molecular flexibility index (Phi) is 3.83. The molecule has 0 bridgehead atoms. The van der Waals surface area contributed by atoms with E-state index >= 15 is 0 Å². The van der Waals surface area contributed by atoms with Gasteiger partial charge in [-0.3, -0.25) is 0 Å². The van der Waals surface area contributed by atoms with Crippen molar-refractivity contribution >= 4 is 0 Å². The number of hydrogen-bond acceptors (Lipinski definition) is 2. The predicted molar refractivity (Wildman–Crippen MR) is 94.2 cm³/mol. The van der Waals surface area contributed by atoms with Crippen LogP contribution in [0.1, 0.15) is 50.6 Å². The van der Waals surface area contributed by atoms with E-state index in [0.29, 0.717) is 5.92 Å². The first-order valence-electron chi connectivity index (χ1n) is 8.39. The summed E-state index contributed by atoms with van der Waals surface area (Å²) < 4.78 is 1.96. The molecule has 0 amide bonds. The van der Waals surface area contributed by atoms with Crippen molar-refractivity contribution in [3.05, 3.63) is 52.9 Å². The van der Waals surface area contributed by atoms with Crippen molar-refractivity contribution in [1.29, 1.82) is 0 Å². The molecular weight excluding hydrogens is 284 g/mol. The zero-order valence-electron chi connectivity index (χ0n) is 14.7. The highest BCUT2D eigenvalue weighted by atomic mass is 16.3. The first-order chi connectivity index (χ1) is 10.9. The van der Waals surface area contributed by atoms with E-state index in [0.717, 1.165) is 17.1 Å². The Morgan fingerprint density at radius 1 is 1.26 bits per heavy atom. The van der Waals surface area contributed by atoms with Crippen molar-refractivity contribution in [1.82, 2.24) is 9.78 Å². The SMILES string of the molecule is CC1=CCCC(C)C1(C)c1c(C)nn(-c2cccc(O)c2)c1C. The van der Waals surface area contributed by atoms with E-state index in [1.807, 2.05) is 16.8 Å². The van der Waals surface area contributed by atoms with Crippen LogP contribution in [0.2, 0.25) is 0 Å². The fourth-order valence-electron chi connectivity index (χ4n) is 4.15. The summed E-state index contributed by atoms with van der Waals surface area (Å²) in [6, 6.07) is 7.29. The Labute approximate surface area is 138 Å². The van der Waals surface area contributed by atoms with E-state index in [1.165, 1.54) is 24.0 Å². The third-order valence-electron chi connectivity index (χ3n) is 5.74. The number of aryl methyl sites for hydroxylation is 1. The van der Waals surface area contributed by atoms with Gasteiger partial charge in [-0.25, -0.2) is 4.68 Å². The molecule has 2 aromatic rings. The molecule has 3 rings (SSSR count). The van der Waals surface area contributed by atoms with E-state index in [2.05, 4.69) is 40.7 Å². The summed E-state index contributed by atoms with van der Waals surface area (Å²) >= 11 is 0. The average Bonchev–Trinajstić information content (AvgIpc) is 2.80. The van der Waals surface area contributed by atoms with Gasteiger partial charge in [-0.05, 0) is 51.7 Å². The summed E-state index contributed by atoms with van der Waals surface area (Å²) in [6.07, 6.45) is 4.76. The monoisotopic (exact) mass is 310 g/mol. The molecule has 0 saturated heterocycles. The number of benzene rings is 1. The number of nitrogens with zero attached hydrogens (tertiary/aromatic N) is 2. The molecule has 0 spiro atoms. The van der Waals surface area contributed by atoms with Crippen molar-refractivity contribution in [2.24, 2.45) is 5.92 Å². The number of allylic oxidation sites excluding steroid dienone is 2. The van der Waals surface area contributed by atoms with Gasteiger partial charge in [-0.15, -0.1) is 0 Å². The van der Waals surface area contributed by atoms with Gasteiger partial charge in [0.15, 0.2) is 0 Å². The van der Waals surface area contributed by atoms with Crippen molar-refractivity contribution in [2.45, 2.75) is 52.9 Å². The lowest BCUT2D eigenvalue weighted by atomic mass is 9.63. The Morgan fingerprint density at radius 3 is 2.65 bits per heavy atom. The molecule has 23 heavy (non-hydrogen) atoms. The Morgan fingerprint density at radius 2 is 2.00 bits per heavy atom. The predicted octanol–water partition coefficient (Wildman–Crippen LogP) is 4.83. The standard InChI is InChI=1S/C20H26N2O/c1-13-8-6-9-14(2)20(13,5)19-15(3)21-22(16(19)4)17-10-7-11-18(23)12-17/h7-8,10-12,14,23H,6,9H2,1-5H3. The van der Waals surface area contributed by atoms with Gasteiger partial charge in [-0.2, -0.15) is 5.10 Å². The molecule has 3 nitrogen and oxygen atoms in total. The molecule has 3 heteroatoms. The molecule has 1 aromatic heterocycles. The average molecular weight is 310 g/mol. The van der Waals surface area contributed by atoms with Crippen LogP contribution in [-0.2, 0) is 5.41 Å². The van der Waals surface area contributed by atoms with Crippen LogP contribution in [-0.4, -0.2) is 14.9 Å². The number of phenols is 1. The first kappa shape index (κ1) is 15.9.